The molecule has 1 amide bonds. The number of piperidine rings is 1. The van der Waals surface area contributed by atoms with Gasteiger partial charge in [0.2, 0.25) is 0 Å². The summed E-state index contributed by atoms with van der Waals surface area (Å²) in [6, 6.07) is 9.00. The molecule has 0 radical (unpaired) electrons. The van der Waals surface area contributed by atoms with E-state index in [0.29, 0.717) is 12.0 Å². The number of hydrogen-bond donors (Lipinski definition) is 2. The zero-order valence-electron chi connectivity index (χ0n) is 17.8. The van der Waals surface area contributed by atoms with Gasteiger partial charge in [0.05, 0.1) is 0 Å². The van der Waals surface area contributed by atoms with Crippen LogP contribution in [0.1, 0.15) is 40.0 Å². The summed E-state index contributed by atoms with van der Waals surface area (Å²) in [4.78, 5) is 16.7. The molecule has 28 heavy (non-hydrogen) atoms. The highest BCUT2D eigenvalue weighted by atomic mass is 16.6. The number of nitrogens with one attached hydrogen (secondary N) is 2. The molecular formula is C22H36N4O2. The lowest BCUT2D eigenvalue weighted by atomic mass is 9.89. The first-order valence-electron chi connectivity index (χ1n) is 10.6. The molecule has 156 valence electrons. The average Bonchev–Trinajstić information content (AvgIpc) is 2.67. The van der Waals surface area contributed by atoms with Crippen molar-refractivity contribution in [2.24, 2.45) is 5.92 Å². The molecule has 2 aliphatic rings. The molecule has 1 aromatic carbocycles. The van der Waals surface area contributed by atoms with Crippen molar-refractivity contribution in [3.63, 3.8) is 0 Å². The number of anilines is 2. The highest BCUT2D eigenvalue weighted by Crippen LogP contribution is 2.28. The van der Waals surface area contributed by atoms with E-state index in [0.717, 1.165) is 44.8 Å². The molecule has 2 fully saturated rings. The van der Waals surface area contributed by atoms with Gasteiger partial charge in [0, 0.05) is 57.2 Å². The van der Waals surface area contributed by atoms with Crippen LogP contribution in [0.3, 0.4) is 0 Å². The third kappa shape index (κ3) is 5.77. The summed E-state index contributed by atoms with van der Waals surface area (Å²) in [6.45, 7) is 10.3. The van der Waals surface area contributed by atoms with E-state index in [-0.39, 0.29) is 6.09 Å². The van der Waals surface area contributed by atoms with Gasteiger partial charge in [-0.1, -0.05) is 6.07 Å². The summed E-state index contributed by atoms with van der Waals surface area (Å²) >= 11 is 0. The summed E-state index contributed by atoms with van der Waals surface area (Å²) in [5.74, 6) is 0.708. The van der Waals surface area contributed by atoms with Gasteiger partial charge < -0.3 is 25.2 Å². The standard InChI is InChI=1S/C22H36N4O2/c1-22(2,3)28-21(27)26-13-10-24-19(16-26)14-17-8-11-25(12-9-17)20-7-5-6-18(15-20)23-4/h5-7,15,17,19,23-24H,8-14,16H2,1-4H3. The normalized spacial score (nSPS) is 21.5. The Bertz CT molecular complexity index is 650. The van der Waals surface area contributed by atoms with E-state index in [1.165, 1.54) is 18.5 Å². The molecule has 0 spiro atoms. The van der Waals surface area contributed by atoms with E-state index in [1.54, 1.807) is 0 Å². The van der Waals surface area contributed by atoms with Crippen LogP contribution in [0.15, 0.2) is 24.3 Å². The Morgan fingerprint density at radius 1 is 1.25 bits per heavy atom. The van der Waals surface area contributed by atoms with E-state index in [4.69, 9.17) is 4.74 Å². The van der Waals surface area contributed by atoms with Gasteiger partial charge in [0.15, 0.2) is 0 Å². The number of carbonyl (C=O) groups is 1. The minimum atomic E-state index is -0.436. The number of amides is 1. The Labute approximate surface area is 169 Å². The van der Waals surface area contributed by atoms with Gasteiger partial charge in [0.25, 0.3) is 0 Å². The fourth-order valence-corrected chi connectivity index (χ4v) is 4.16. The van der Waals surface area contributed by atoms with Gasteiger partial charge in [-0.3, -0.25) is 0 Å². The van der Waals surface area contributed by atoms with E-state index < -0.39 is 5.60 Å². The molecule has 0 saturated carbocycles. The number of benzene rings is 1. The van der Waals surface area contributed by atoms with Gasteiger partial charge in [-0.25, -0.2) is 4.79 Å². The number of rotatable bonds is 4. The van der Waals surface area contributed by atoms with Crippen molar-refractivity contribution >= 4 is 17.5 Å². The van der Waals surface area contributed by atoms with Crippen molar-refractivity contribution in [3.8, 4) is 0 Å². The average molecular weight is 389 g/mol. The van der Waals surface area contributed by atoms with Crippen molar-refractivity contribution < 1.29 is 9.53 Å². The molecule has 0 bridgehead atoms. The molecule has 0 aliphatic carbocycles. The van der Waals surface area contributed by atoms with Crippen molar-refractivity contribution in [2.45, 2.75) is 51.7 Å². The Morgan fingerprint density at radius 2 is 2.00 bits per heavy atom. The first-order valence-corrected chi connectivity index (χ1v) is 10.6. The Morgan fingerprint density at radius 3 is 2.68 bits per heavy atom. The van der Waals surface area contributed by atoms with E-state index in [9.17, 15) is 4.79 Å². The SMILES string of the molecule is CNc1cccc(N2CCC(CC3CN(C(=O)OC(C)(C)C)CCN3)CC2)c1. The van der Waals surface area contributed by atoms with Crippen molar-refractivity contribution in [1.29, 1.82) is 0 Å². The highest BCUT2D eigenvalue weighted by molar-refractivity contribution is 5.68. The predicted octanol–water partition coefficient (Wildman–Crippen LogP) is 3.54. The van der Waals surface area contributed by atoms with Gasteiger partial charge in [-0.2, -0.15) is 0 Å². The maximum absolute atomic E-state index is 12.4. The molecule has 6 heteroatoms. The summed E-state index contributed by atoms with van der Waals surface area (Å²) in [6.07, 6.45) is 3.35. The summed E-state index contributed by atoms with van der Waals surface area (Å²) in [5.41, 5.74) is 2.03. The third-order valence-corrected chi connectivity index (χ3v) is 5.64. The van der Waals surface area contributed by atoms with Crippen LogP contribution >= 0.6 is 0 Å². The van der Waals surface area contributed by atoms with Crippen LogP contribution in [0.4, 0.5) is 16.2 Å². The molecule has 6 nitrogen and oxygen atoms in total. The number of nitrogens with zero attached hydrogens (tertiary/aromatic N) is 2. The molecular weight excluding hydrogens is 352 g/mol. The smallest absolute Gasteiger partial charge is 0.410 e. The van der Waals surface area contributed by atoms with Crippen LogP contribution in [-0.4, -0.2) is 62.4 Å². The molecule has 3 rings (SSSR count). The maximum Gasteiger partial charge on any atom is 0.410 e. The first-order chi connectivity index (χ1) is 13.3. The number of carbonyl (C=O) groups excluding carboxylic acids is 1. The second kappa shape index (κ2) is 9.03. The van der Waals surface area contributed by atoms with Crippen molar-refractivity contribution in [2.75, 3.05) is 50.0 Å². The minimum absolute atomic E-state index is 0.182. The lowest BCUT2D eigenvalue weighted by Crippen LogP contribution is -2.54. The predicted molar refractivity (Wildman–Crippen MR) is 115 cm³/mol. The topological polar surface area (TPSA) is 56.8 Å². The van der Waals surface area contributed by atoms with Crippen molar-refractivity contribution in [1.82, 2.24) is 10.2 Å². The number of hydrogen-bond acceptors (Lipinski definition) is 5. The second-order valence-corrected chi connectivity index (χ2v) is 9.04. The number of piperazine rings is 1. The third-order valence-electron chi connectivity index (χ3n) is 5.64. The summed E-state index contributed by atoms with van der Waals surface area (Å²) in [5, 5.41) is 6.82. The lowest BCUT2D eigenvalue weighted by Gasteiger charge is -2.38. The molecule has 1 atom stereocenters. The molecule has 2 aliphatic heterocycles. The quantitative estimate of drug-likeness (QED) is 0.826. The van der Waals surface area contributed by atoms with Crippen LogP contribution in [-0.2, 0) is 4.74 Å². The fourth-order valence-electron chi connectivity index (χ4n) is 4.16. The molecule has 0 aromatic heterocycles. The van der Waals surface area contributed by atoms with E-state index in [2.05, 4.69) is 39.8 Å². The fraction of sp³-hybridized carbons (Fsp3) is 0.682. The van der Waals surface area contributed by atoms with Crippen LogP contribution in [0.25, 0.3) is 0 Å². The monoisotopic (exact) mass is 388 g/mol. The van der Waals surface area contributed by atoms with Gasteiger partial charge in [0.1, 0.15) is 5.60 Å². The second-order valence-electron chi connectivity index (χ2n) is 9.04. The molecule has 2 heterocycles. The molecule has 1 unspecified atom stereocenters. The molecule has 2 N–H and O–H groups in total. The minimum Gasteiger partial charge on any atom is -0.444 e. The lowest BCUT2D eigenvalue weighted by molar-refractivity contribution is 0.0185. The summed E-state index contributed by atoms with van der Waals surface area (Å²) in [7, 11) is 1.96. The summed E-state index contributed by atoms with van der Waals surface area (Å²) < 4.78 is 5.54. The largest absolute Gasteiger partial charge is 0.444 e. The van der Waals surface area contributed by atoms with Crippen LogP contribution in [0.2, 0.25) is 0 Å². The van der Waals surface area contributed by atoms with Crippen LogP contribution in [0.5, 0.6) is 0 Å². The van der Waals surface area contributed by atoms with Crippen LogP contribution < -0.4 is 15.5 Å². The van der Waals surface area contributed by atoms with E-state index >= 15 is 0 Å². The highest BCUT2D eigenvalue weighted by Gasteiger charge is 2.29. The first kappa shape index (κ1) is 20.8. The zero-order chi connectivity index (χ0) is 20.1. The van der Waals surface area contributed by atoms with Gasteiger partial charge in [-0.05, 0) is 64.2 Å². The van der Waals surface area contributed by atoms with Crippen LogP contribution in [0, 0.1) is 5.92 Å². The van der Waals surface area contributed by atoms with E-state index in [1.807, 2.05) is 32.7 Å². The Kier molecular flexibility index (Phi) is 6.70. The maximum atomic E-state index is 12.4. The zero-order valence-corrected chi connectivity index (χ0v) is 17.8. The number of ether oxygens (including phenoxy) is 1. The Balaban J connectivity index is 1.47. The van der Waals surface area contributed by atoms with Crippen molar-refractivity contribution in [3.05, 3.63) is 24.3 Å². The molecule has 1 aromatic rings. The molecule has 2 saturated heterocycles. The van der Waals surface area contributed by atoms with Gasteiger partial charge in [-0.15, -0.1) is 0 Å². The van der Waals surface area contributed by atoms with Gasteiger partial charge >= 0.3 is 6.09 Å². The Hall–Kier alpha value is -1.95.